The summed E-state index contributed by atoms with van der Waals surface area (Å²) in [5, 5.41) is 8.44. The van der Waals surface area contributed by atoms with Crippen molar-refractivity contribution < 1.29 is 13.2 Å². The Bertz CT molecular complexity index is 968. The van der Waals surface area contributed by atoms with Crippen molar-refractivity contribution in [1.82, 2.24) is 14.5 Å². The molecule has 8 nitrogen and oxygen atoms in total. The molecule has 0 spiro atoms. The molecule has 2 aliphatic heterocycles. The van der Waals surface area contributed by atoms with Gasteiger partial charge in [-0.2, -0.15) is 9.40 Å². The Balaban J connectivity index is 1.44. The SMILES string of the molecule is Cc1ccc(S(=O)(=O)N2CCN(c3cc(N4CCOCC4)cnn3)CC2)cc1C. The summed E-state index contributed by atoms with van der Waals surface area (Å²) < 4.78 is 33.0. The molecule has 2 aromatic rings. The molecule has 0 bridgehead atoms. The monoisotopic (exact) mass is 417 g/mol. The number of aryl methyl sites for hydroxylation is 2. The van der Waals surface area contributed by atoms with E-state index in [0.717, 1.165) is 35.7 Å². The van der Waals surface area contributed by atoms with Crippen LogP contribution >= 0.6 is 0 Å². The minimum Gasteiger partial charge on any atom is -0.378 e. The first-order chi connectivity index (χ1) is 13.9. The van der Waals surface area contributed by atoms with E-state index in [0.29, 0.717) is 44.3 Å². The van der Waals surface area contributed by atoms with E-state index in [9.17, 15) is 8.42 Å². The molecule has 0 radical (unpaired) electrons. The van der Waals surface area contributed by atoms with Crippen LogP contribution in [0.15, 0.2) is 35.4 Å². The second kappa shape index (κ2) is 8.25. The first-order valence-corrected chi connectivity index (χ1v) is 11.4. The largest absolute Gasteiger partial charge is 0.378 e. The highest BCUT2D eigenvalue weighted by Crippen LogP contribution is 2.24. The van der Waals surface area contributed by atoms with Gasteiger partial charge in [-0.15, -0.1) is 5.10 Å². The Hall–Kier alpha value is -2.23. The molecule has 0 saturated carbocycles. The summed E-state index contributed by atoms with van der Waals surface area (Å²) >= 11 is 0. The topological polar surface area (TPSA) is 78.9 Å². The minimum absolute atomic E-state index is 0.364. The highest BCUT2D eigenvalue weighted by atomic mass is 32.2. The lowest BCUT2D eigenvalue weighted by Crippen LogP contribution is -2.49. The standard InChI is InChI=1S/C20H27N5O3S/c1-16-3-4-19(13-17(16)2)29(26,27)25-7-5-24(6-8-25)20-14-18(15-21-22-20)23-9-11-28-12-10-23/h3-4,13-15H,5-12H2,1-2H3. The van der Waals surface area contributed by atoms with Gasteiger partial charge in [0.15, 0.2) is 5.82 Å². The minimum atomic E-state index is -3.48. The maximum Gasteiger partial charge on any atom is 0.243 e. The van der Waals surface area contributed by atoms with Gasteiger partial charge in [0.05, 0.1) is 30.0 Å². The van der Waals surface area contributed by atoms with Gasteiger partial charge in [0, 0.05) is 45.3 Å². The molecule has 0 unspecified atom stereocenters. The van der Waals surface area contributed by atoms with Crippen LogP contribution in [0.5, 0.6) is 0 Å². The van der Waals surface area contributed by atoms with Crippen molar-refractivity contribution in [1.29, 1.82) is 0 Å². The van der Waals surface area contributed by atoms with Crippen LogP contribution in [0.4, 0.5) is 11.5 Å². The number of aromatic nitrogens is 2. The Morgan fingerprint density at radius 2 is 1.62 bits per heavy atom. The van der Waals surface area contributed by atoms with Gasteiger partial charge >= 0.3 is 0 Å². The number of nitrogens with zero attached hydrogens (tertiary/aromatic N) is 5. The van der Waals surface area contributed by atoms with E-state index in [2.05, 4.69) is 20.0 Å². The van der Waals surface area contributed by atoms with Crippen LogP contribution < -0.4 is 9.80 Å². The molecule has 0 aliphatic carbocycles. The van der Waals surface area contributed by atoms with Crippen LogP contribution in [0.2, 0.25) is 0 Å². The molecule has 29 heavy (non-hydrogen) atoms. The molecule has 2 saturated heterocycles. The van der Waals surface area contributed by atoms with Gasteiger partial charge in [0.1, 0.15) is 0 Å². The molecule has 156 valence electrons. The molecule has 2 fully saturated rings. The maximum absolute atomic E-state index is 13.0. The second-order valence-corrected chi connectivity index (χ2v) is 9.45. The number of hydrogen-bond acceptors (Lipinski definition) is 7. The van der Waals surface area contributed by atoms with Gasteiger partial charge in [-0.05, 0) is 37.1 Å². The summed E-state index contributed by atoms with van der Waals surface area (Å²) in [6, 6.07) is 7.35. The number of benzene rings is 1. The zero-order chi connectivity index (χ0) is 20.4. The molecule has 1 aromatic carbocycles. The molecule has 1 aromatic heterocycles. The number of piperazine rings is 1. The summed E-state index contributed by atoms with van der Waals surface area (Å²) in [6.45, 7) is 9.07. The third-order valence-corrected chi connectivity index (χ3v) is 7.58. The van der Waals surface area contributed by atoms with Crippen LogP contribution in [0.25, 0.3) is 0 Å². The van der Waals surface area contributed by atoms with E-state index < -0.39 is 10.0 Å². The number of anilines is 2. The van der Waals surface area contributed by atoms with E-state index in [1.165, 1.54) is 0 Å². The van der Waals surface area contributed by atoms with Gasteiger partial charge < -0.3 is 14.5 Å². The molecular weight excluding hydrogens is 390 g/mol. The Morgan fingerprint density at radius 1 is 0.897 bits per heavy atom. The highest BCUT2D eigenvalue weighted by Gasteiger charge is 2.29. The van der Waals surface area contributed by atoms with Crippen molar-refractivity contribution in [3.63, 3.8) is 0 Å². The number of sulfonamides is 1. The molecule has 3 heterocycles. The summed E-state index contributed by atoms with van der Waals surface area (Å²) in [5.41, 5.74) is 3.11. The van der Waals surface area contributed by atoms with Gasteiger partial charge in [0.25, 0.3) is 0 Å². The van der Waals surface area contributed by atoms with Gasteiger partial charge in [-0.25, -0.2) is 8.42 Å². The van der Waals surface area contributed by atoms with Crippen molar-refractivity contribution >= 4 is 21.5 Å². The van der Waals surface area contributed by atoms with Crippen molar-refractivity contribution in [2.75, 3.05) is 62.3 Å². The number of morpholine rings is 1. The predicted molar refractivity (Wildman–Crippen MR) is 112 cm³/mol. The van der Waals surface area contributed by atoms with Crippen molar-refractivity contribution in [3.8, 4) is 0 Å². The fourth-order valence-electron chi connectivity index (χ4n) is 3.68. The fourth-order valence-corrected chi connectivity index (χ4v) is 5.18. The Kier molecular flexibility index (Phi) is 5.71. The van der Waals surface area contributed by atoms with Crippen LogP contribution in [0.1, 0.15) is 11.1 Å². The van der Waals surface area contributed by atoms with Crippen LogP contribution in [0.3, 0.4) is 0 Å². The van der Waals surface area contributed by atoms with Crippen molar-refractivity contribution in [3.05, 3.63) is 41.6 Å². The molecule has 9 heteroatoms. The van der Waals surface area contributed by atoms with Crippen LogP contribution in [0, 0.1) is 13.8 Å². The summed E-state index contributed by atoms with van der Waals surface area (Å²) in [5.74, 6) is 0.789. The second-order valence-electron chi connectivity index (χ2n) is 7.51. The Labute approximate surface area is 172 Å². The molecule has 0 amide bonds. The van der Waals surface area contributed by atoms with Gasteiger partial charge in [-0.1, -0.05) is 6.07 Å². The molecule has 0 atom stereocenters. The number of hydrogen-bond donors (Lipinski definition) is 0. The lowest BCUT2D eigenvalue weighted by molar-refractivity contribution is 0.122. The fraction of sp³-hybridized carbons (Fsp3) is 0.500. The highest BCUT2D eigenvalue weighted by molar-refractivity contribution is 7.89. The average Bonchev–Trinajstić information content (AvgIpc) is 2.76. The number of rotatable bonds is 4. The third kappa shape index (κ3) is 4.22. The maximum atomic E-state index is 13.0. The van der Waals surface area contributed by atoms with Crippen molar-refractivity contribution in [2.24, 2.45) is 0 Å². The van der Waals surface area contributed by atoms with E-state index in [4.69, 9.17) is 4.74 Å². The average molecular weight is 418 g/mol. The summed E-state index contributed by atoms with van der Waals surface area (Å²) in [7, 11) is -3.48. The summed E-state index contributed by atoms with van der Waals surface area (Å²) in [6.07, 6.45) is 1.77. The zero-order valence-corrected chi connectivity index (χ0v) is 17.7. The van der Waals surface area contributed by atoms with E-state index in [-0.39, 0.29) is 0 Å². The third-order valence-electron chi connectivity index (χ3n) is 5.68. The summed E-state index contributed by atoms with van der Waals surface area (Å²) in [4.78, 5) is 4.70. The van der Waals surface area contributed by atoms with Gasteiger partial charge in [-0.3, -0.25) is 0 Å². The van der Waals surface area contributed by atoms with Crippen molar-refractivity contribution in [2.45, 2.75) is 18.7 Å². The predicted octanol–water partition coefficient (Wildman–Crippen LogP) is 1.44. The normalized spacial score (nSPS) is 18.8. The number of ether oxygens (including phenoxy) is 1. The molecule has 2 aliphatic rings. The first-order valence-electron chi connectivity index (χ1n) is 9.93. The van der Waals surface area contributed by atoms with Gasteiger partial charge in [0.2, 0.25) is 10.0 Å². The Morgan fingerprint density at radius 3 is 2.31 bits per heavy atom. The van der Waals surface area contributed by atoms with Crippen LogP contribution in [-0.4, -0.2) is 75.4 Å². The zero-order valence-electron chi connectivity index (χ0n) is 16.9. The first kappa shape index (κ1) is 20.1. The lowest BCUT2D eigenvalue weighted by Gasteiger charge is -2.35. The quantitative estimate of drug-likeness (QED) is 0.745. The van der Waals surface area contributed by atoms with Crippen LogP contribution in [-0.2, 0) is 14.8 Å². The van der Waals surface area contributed by atoms with E-state index in [1.54, 1.807) is 22.6 Å². The molecular formula is C20H27N5O3S. The lowest BCUT2D eigenvalue weighted by atomic mass is 10.1. The van der Waals surface area contributed by atoms with E-state index >= 15 is 0 Å². The smallest absolute Gasteiger partial charge is 0.243 e. The molecule has 4 rings (SSSR count). The molecule has 0 N–H and O–H groups in total. The van der Waals surface area contributed by atoms with E-state index in [1.807, 2.05) is 26.0 Å².